The molecule has 0 saturated heterocycles. The zero-order chi connectivity index (χ0) is 12.3. The zero-order valence-electron chi connectivity index (χ0n) is 10.0. The Kier molecular flexibility index (Phi) is 10.6. The molecule has 0 aliphatic rings. The summed E-state index contributed by atoms with van der Waals surface area (Å²) in [5, 5.41) is 35.9. The lowest BCUT2D eigenvalue weighted by Gasteiger charge is -2.26. The predicted molar refractivity (Wildman–Crippen MR) is 68.6 cm³/mol. The van der Waals surface area contributed by atoms with Gasteiger partial charge in [-0.1, -0.05) is 0 Å². The Balaban J connectivity index is 4.32. The van der Waals surface area contributed by atoms with Crippen LogP contribution in [-0.2, 0) is 0 Å². The van der Waals surface area contributed by atoms with Crippen LogP contribution in [0.1, 0.15) is 19.3 Å². The van der Waals surface area contributed by atoms with E-state index in [4.69, 9.17) is 20.4 Å². The Labute approximate surface area is 98.7 Å². The van der Waals surface area contributed by atoms with Gasteiger partial charge < -0.3 is 20.4 Å². The van der Waals surface area contributed by atoms with Crippen LogP contribution in [0, 0.1) is 0 Å². The number of hydrogen-bond acceptors (Lipinski definition) is 4. The molecule has 0 atom stereocenters. The van der Waals surface area contributed by atoms with Crippen LogP contribution in [0.3, 0.4) is 0 Å². The monoisotopic (exact) mass is 253 g/mol. The Morgan fingerprint density at radius 1 is 0.500 bits per heavy atom. The lowest BCUT2D eigenvalue weighted by atomic mass is 10.5. The average molecular weight is 253 g/mol. The molecule has 0 radical (unpaired) electrons. The average Bonchev–Trinajstić information content (AvgIpc) is 2.31. The van der Waals surface area contributed by atoms with E-state index in [1.165, 1.54) is 0 Å². The van der Waals surface area contributed by atoms with Crippen molar-refractivity contribution in [2.45, 2.75) is 19.3 Å². The summed E-state index contributed by atoms with van der Waals surface area (Å²) in [5.74, 6) is 0. The van der Waals surface area contributed by atoms with Crippen LogP contribution in [0.2, 0.25) is 0 Å². The molecular weight excluding hydrogens is 227 g/mol. The highest BCUT2D eigenvalue weighted by atomic mass is 31.2. The van der Waals surface area contributed by atoms with Gasteiger partial charge >= 0.3 is 0 Å². The van der Waals surface area contributed by atoms with E-state index in [-0.39, 0.29) is 26.4 Å². The molecular formula is C11H26O4P+. The van der Waals surface area contributed by atoms with Crippen LogP contribution in [-0.4, -0.2) is 71.5 Å². The van der Waals surface area contributed by atoms with E-state index in [0.29, 0.717) is 0 Å². The van der Waals surface area contributed by atoms with E-state index >= 15 is 0 Å². The van der Waals surface area contributed by atoms with Crippen molar-refractivity contribution in [2.24, 2.45) is 0 Å². The molecule has 5 heteroatoms. The van der Waals surface area contributed by atoms with Gasteiger partial charge in [-0.2, -0.15) is 0 Å². The molecule has 0 aromatic carbocycles. The van der Waals surface area contributed by atoms with Crippen LogP contribution in [0.25, 0.3) is 0 Å². The third-order valence-electron chi connectivity index (χ3n) is 2.95. The van der Waals surface area contributed by atoms with Gasteiger partial charge in [-0.25, -0.2) is 0 Å². The minimum Gasteiger partial charge on any atom is -0.396 e. The summed E-state index contributed by atoms with van der Waals surface area (Å²) >= 11 is 0. The van der Waals surface area contributed by atoms with Gasteiger partial charge in [-0.05, 0) is 0 Å². The summed E-state index contributed by atoms with van der Waals surface area (Å²) in [6.45, 7) is 0.734. The van der Waals surface area contributed by atoms with Gasteiger partial charge in [0.1, 0.15) is 0 Å². The Hall–Kier alpha value is 0.270. The van der Waals surface area contributed by atoms with E-state index in [1.807, 2.05) is 0 Å². The fraction of sp³-hybridized carbons (Fsp3) is 1.00. The third kappa shape index (κ3) is 6.77. The van der Waals surface area contributed by atoms with Crippen molar-refractivity contribution in [3.8, 4) is 0 Å². The smallest absolute Gasteiger partial charge is 0.0825 e. The highest BCUT2D eigenvalue weighted by Gasteiger charge is 2.34. The van der Waals surface area contributed by atoms with Gasteiger partial charge in [0.15, 0.2) is 0 Å². The first kappa shape index (κ1) is 16.3. The van der Waals surface area contributed by atoms with Crippen molar-refractivity contribution in [3.05, 3.63) is 0 Å². The topological polar surface area (TPSA) is 80.9 Å². The van der Waals surface area contributed by atoms with Crippen molar-refractivity contribution >= 4 is 7.26 Å². The van der Waals surface area contributed by atoms with E-state index in [9.17, 15) is 0 Å². The summed E-state index contributed by atoms with van der Waals surface area (Å²) in [6, 6.07) is 0. The van der Waals surface area contributed by atoms with Crippen molar-refractivity contribution in [1.82, 2.24) is 0 Å². The first-order valence-electron chi connectivity index (χ1n) is 6.03. The number of hydrogen-bond donors (Lipinski definition) is 4. The fourth-order valence-electron chi connectivity index (χ4n) is 2.10. The lowest BCUT2D eigenvalue weighted by Crippen LogP contribution is -2.16. The molecule has 0 rings (SSSR count). The Morgan fingerprint density at radius 3 is 1.12 bits per heavy atom. The van der Waals surface area contributed by atoms with E-state index in [1.54, 1.807) is 0 Å². The molecule has 0 aliphatic carbocycles. The summed E-state index contributed by atoms with van der Waals surface area (Å²) in [7, 11) is -1.28. The van der Waals surface area contributed by atoms with Crippen LogP contribution in [0.5, 0.6) is 0 Å². The summed E-state index contributed by atoms with van der Waals surface area (Å²) in [6.07, 6.45) is 5.99. The molecule has 0 aromatic heterocycles. The molecule has 98 valence electrons. The van der Waals surface area contributed by atoms with Crippen molar-refractivity contribution in [1.29, 1.82) is 0 Å². The van der Waals surface area contributed by atoms with Gasteiger partial charge in [0, 0.05) is 46.3 Å². The normalized spacial score (nSPS) is 12.0. The largest absolute Gasteiger partial charge is 0.396 e. The zero-order valence-corrected chi connectivity index (χ0v) is 10.9. The van der Waals surface area contributed by atoms with Gasteiger partial charge in [-0.15, -0.1) is 0 Å². The molecule has 0 heterocycles. The second-order valence-electron chi connectivity index (χ2n) is 4.19. The molecule has 4 N–H and O–H groups in total. The molecule has 0 aliphatic heterocycles. The highest BCUT2D eigenvalue weighted by Crippen LogP contribution is 2.59. The SMILES string of the molecule is OCCC[P+](CCO)(CCCO)CCCO. The molecule has 0 bridgehead atoms. The molecule has 0 aromatic rings. The van der Waals surface area contributed by atoms with E-state index in [2.05, 4.69) is 0 Å². The van der Waals surface area contributed by atoms with Crippen molar-refractivity contribution < 1.29 is 20.4 Å². The molecule has 0 fully saturated rings. The van der Waals surface area contributed by atoms with Gasteiger partial charge in [0.05, 0.1) is 31.3 Å². The maximum atomic E-state index is 9.14. The predicted octanol–water partition coefficient (Wildman–Crippen LogP) is 0.144. The molecule has 0 spiro atoms. The molecule has 0 unspecified atom stereocenters. The van der Waals surface area contributed by atoms with Gasteiger partial charge in [0.2, 0.25) is 0 Å². The number of aliphatic hydroxyl groups is 4. The van der Waals surface area contributed by atoms with Crippen molar-refractivity contribution in [2.75, 3.05) is 51.1 Å². The van der Waals surface area contributed by atoms with Crippen LogP contribution in [0.15, 0.2) is 0 Å². The first-order chi connectivity index (χ1) is 7.74. The standard InChI is InChI=1S/C11H26O4P/c12-4-1-8-16(11-7-15,9-2-5-13)10-3-6-14/h12-15H,1-11H2/q+1. The first-order valence-corrected chi connectivity index (χ1v) is 8.56. The van der Waals surface area contributed by atoms with Crippen LogP contribution < -0.4 is 0 Å². The quantitative estimate of drug-likeness (QED) is 0.395. The van der Waals surface area contributed by atoms with Crippen LogP contribution in [0.4, 0.5) is 0 Å². The minimum absolute atomic E-state index is 0.177. The van der Waals surface area contributed by atoms with E-state index < -0.39 is 7.26 Å². The Morgan fingerprint density at radius 2 is 0.875 bits per heavy atom. The third-order valence-corrected chi connectivity index (χ3v) is 7.89. The Bertz CT molecular complexity index is 133. The molecule has 0 saturated carbocycles. The fourth-order valence-corrected chi connectivity index (χ4v) is 6.30. The highest BCUT2D eigenvalue weighted by molar-refractivity contribution is 7.75. The van der Waals surface area contributed by atoms with Gasteiger partial charge in [-0.3, -0.25) is 0 Å². The second-order valence-corrected chi connectivity index (χ2v) is 8.66. The summed E-state index contributed by atoms with van der Waals surface area (Å²) in [4.78, 5) is 0. The maximum absolute atomic E-state index is 9.14. The molecule has 16 heavy (non-hydrogen) atoms. The second kappa shape index (κ2) is 10.4. The lowest BCUT2D eigenvalue weighted by molar-refractivity contribution is 0.290. The molecule has 4 nitrogen and oxygen atoms in total. The minimum atomic E-state index is -1.28. The van der Waals surface area contributed by atoms with E-state index in [0.717, 1.165) is 43.9 Å². The van der Waals surface area contributed by atoms with Crippen LogP contribution >= 0.6 is 7.26 Å². The summed E-state index contributed by atoms with van der Waals surface area (Å²) < 4.78 is 0. The molecule has 0 amide bonds. The number of rotatable bonds is 11. The van der Waals surface area contributed by atoms with Gasteiger partial charge in [0.25, 0.3) is 0 Å². The number of aliphatic hydroxyl groups excluding tert-OH is 4. The maximum Gasteiger partial charge on any atom is 0.0825 e. The van der Waals surface area contributed by atoms with Crippen molar-refractivity contribution in [3.63, 3.8) is 0 Å². The summed E-state index contributed by atoms with van der Waals surface area (Å²) in [5.41, 5.74) is 0.